The minimum atomic E-state index is -0.0326. The van der Waals surface area contributed by atoms with E-state index in [0.29, 0.717) is 19.5 Å². The number of hydrogen-bond donors (Lipinski definition) is 2. The zero-order valence-electron chi connectivity index (χ0n) is 18.8. The highest BCUT2D eigenvalue weighted by atomic mass is 32.3. The molecule has 6 aliphatic rings. The number of rotatable bonds is 6. The fourth-order valence-electron chi connectivity index (χ4n) is 3.16. The van der Waals surface area contributed by atoms with E-state index in [1.54, 1.807) is 47.0 Å². The van der Waals surface area contributed by atoms with E-state index in [0.717, 1.165) is 9.81 Å². The molecule has 6 aliphatic heterocycles. The normalized spacial score (nSPS) is 23.5. The summed E-state index contributed by atoms with van der Waals surface area (Å²) in [5.74, 6) is 4.64. The third-order valence-electron chi connectivity index (χ3n) is 4.83. The van der Waals surface area contributed by atoms with E-state index < -0.39 is 0 Å². The Kier molecular flexibility index (Phi) is 10.6. The highest BCUT2D eigenvalue weighted by Crippen LogP contribution is 2.65. The molecule has 4 nitrogen and oxygen atoms in total. The van der Waals surface area contributed by atoms with Crippen LogP contribution in [-0.4, -0.2) is 47.9 Å². The van der Waals surface area contributed by atoms with Crippen LogP contribution in [0.3, 0.4) is 0 Å². The Hall–Kier alpha value is 1.58. The van der Waals surface area contributed by atoms with E-state index in [4.69, 9.17) is 0 Å². The van der Waals surface area contributed by atoms with Gasteiger partial charge in [-0.2, -0.15) is 0 Å². The van der Waals surface area contributed by atoms with Gasteiger partial charge in [0, 0.05) is 36.1 Å². The number of hydrogen-bond acceptors (Lipinski definition) is 14. The first-order chi connectivity index (χ1) is 18.1. The largest absolute Gasteiger partial charge is 0.351 e. The van der Waals surface area contributed by atoms with Gasteiger partial charge in [0.2, 0.25) is 0 Å². The van der Waals surface area contributed by atoms with Crippen LogP contribution in [0, 0.1) is 0 Å². The molecule has 196 valence electrons. The summed E-state index contributed by atoms with van der Waals surface area (Å²) in [5.41, 5.74) is 0. The van der Waals surface area contributed by atoms with Crippen LogP contribution in [0.25, 0.3) is 0 Å². The minimum Gasteiger partial charge on any atom is -0.351 e. The van der Waals surface area contributed by atoms with E-state index in [1.807, 2.05) is 105 Å². The summed E-state index contributed by atoms with van der Waals surface area (Å²) in [6.07, 6.45) is 0.698. The summed E-state index contributed by atoms with van der Waals surface area (Å²) in [7, 11) is 0. The molecule has 0 unspecified atom stereocenters. The van der Waals surface area contributed by atoms with Crippen LogP contribution in [-0.2, 0) is 9.59 Å². The van der Waals surface area contributed by atoms with E-state index in [1.165, 1.54) is 56.9 Å². The topological polar surface area (TPSA) is 58.2 Å². The van der Waals surface area contributed by atoms with Crippen molar-refractivity contribution in [3.8, 4) is 0 Å². The molecule has 0 radical (unpaired) electrons. The lowest BCUT2D eigenvalue weighted by atomic mass is 10.4. The van der Waals surface area contributed by atoms with Crippen molar-refractivity contribution in [1.29, 1.82) is 0 Å². The molecular formula is C21H18N2O2S12. The van der Waals surface area contributed by atoms with Crippen molar-refractivity contribution in [3.05, 3.63) is 54.5 Å². The van der Waals surface area contributed by atoms with Gasteiger partial charge in [0.1, 0.15) is 0 Å². The highest BCUT2D eigenvalue weighted by molar-refractivity contribution is 8.44. The van der Waals surface area contributed by atoms with Gasteiger partial charge in [0.05, 0.1) is 43.7 Å². The zero-order valence-corrected chi connectivity index (χ0v) is 28.6. The van der Waals surface area contributed by atoms with E-state index >= 15 is 0 Å². The van der Waals surface area contributed by atoms with Crippen molar-refractivity contribution in [2.75, 3.05) is 36.1 Å². The molecule has 0 atom stereocenters. The Morgan fingerprint density at radius 1 is 0.541 bits per heavy atom. The lowest BCUT2D eigenvalue weighted by Crippen LogP contribution is -2.30. The van der Waals surface area contributed by atoms with Gasteiger partial charge in [-0.15, -0.1) is 47.0 Å². The van der Waals surface area contributed by atoms with Crippen molar-refractivity contribution >= 4 is 153 Å². The predicted molar refractivity (Wildman–Crippen MR) is 185 cm³/mol. The minimum absolute atomic E-state index is 0.0326. The molecule has 16 heteroatoms. The molecule has 0 saturated carbocycles. The second-order valence-electron chi connectivity index (χ2n) is 7.37. The van der Waals surface area contributed by atoms with Gasteiger partial charge in [-0.25, -0.2) is 0 Å². The van der Waals surface area contributed by atoms with Gasteiger partial charge in [-0.1, -0.05) is 94.1 Å². The van der Waals surface area contributed by atoms with Crippen LogP contribution in [0.5, 0.6) is 0 Å². The molecule has 37 heavy (non-hydrogen) atoms. The molecule has 0 saturated heterocycles. The molecular weight excluding hydrogens is 697 g/mol. The summed E-state index contributed by atoms with van der Waals surface area (Å²) >= 11 is 21.7. The molecule has 6 heterocycles. The Labute approximate surface area is 267 Å². The maximum Gasteiger partial charge on any atom is 0.258 e. The molecule has 0 aliphatic carbocycles. The number of carbonyl (C=O) groups is 2. The van der Waals surface area contributed by atoms with Crippen LogP contribution in [0.4, 0.5) is 0 Å². The second kappa shape index (κ2) is 13.7. The highest BCUT2D eigenvalue weighted by Gasteiger charge is 2.31. The van der Waals surface area contributed by atoms with Gasteiger partial charge in [-0.3, -0.25) is 9.59 Å². The second-order valence-corrected chi connectivity index (χ2v) is 21.8. The Morgan fingerprint density at radius 3 is 1.30 bits per heavy atom. The zero-order chi connectivity index (χ0) is 25.2. The van der Waals surface area contributed by atoms with Gasteiger partial charge < -0.3 is 10.6 Å². The molecule has 0 aromatic heterocycles. The Bertz CT molecular complexity index is 1090. The fraction of sp³-hybridized carbons (Fsp3) is 0.333. The SMILES string of the molecule is O=C(NCCCNC(=O)C1=CSC(=C2SC3=C(SCCS3)S2)S1)C1=CSC(=C2SC3=C(SCCS3)S2)S1. The van der Waals surface area contributed by atoms with Crippen molar-refractivity contribution in [2.45, 2.75) is 6.42 Å². The number of thioether (sulfide) groups is 12. The molecule has 6 rings (SSSR count). The maximum atomic E-state index is 12.6. The average Bonchev–Trinajstić information content (AvgIpc) is 3.72. The van der Waals surface area contributed by atoms with Crippen molar-refractivity contribution in [2.24, 2.45) is 0 Å². The van der Waals surface area contributed by atoms with E-state index in [2.05, 4.69) is 10.6 Å². The van der Waals surface area contributed by atoms with Crippen LogP contribution in [0.15, 0.2) is 54.5 Å². The lowest BCUT2D eigenvalue weighted by Gasteiger charge is -2.08. The number of nitrogens with one attached hydrogen (secondary N) is 2. The fourth-order valence-corrected chi connectivity index (χ4v) is 20.1. The summed E-state index contributed by atoms with van der Waals surface area (Å²) in [6, 6.07) is 0. The van der Waals surface area contributed by atoms with Crippen LogP contribution in [0.1, 0.15) is 6.42 Å². The van der Waals surface area contributed by atoms with Crippen LogP contribution >= 0.6 is 141 Å². The lowest BCUT2D eigenvalue weighted by molar-refractivity contribution is -0.117. The Morgan fingerprint density at radius 2 is 0.919 bits per heavy atom. The number of amides is 2. The first-order valence-corrected chi connectivity index (χ1v) is 21.6. The molecule has 0 aromatic rings. The average molecular weight is 715 g/mol. The predicted octanol–water partition coefficient (Wildman–Crippen LogP) is 8.68. The molecule has 0 aromatic carbocycles. The molecule has 0 fully saturated rings. The first-order valence-electron chi connectivity index (χ1n) is 11.0. The van der Waals surface area contributed by atoms with Crippen molar-refractivity contribution in [1.82, 2.24) is 10.6 Å². The summed E-state index contributed by atoms with van der Waals surface area (Å²) in [4.78, 5) is 26.8. The van der Waals surface area contributed by atoms with Gasteiger partial charge in [0.25, 0.3) is 11.8 Å². The Balaban J connectivity index is 0.887. The smallest absolute Gasteiger partial charge is 0.258 e. The monoisotopic (exact) mass is 714 g/mol. The van der Waals surface area contributed by atoms with Crippen molar-refractivity contribution in [3.63, 3.8) is 0 Å². The number of carbonyl (C=O) groups excluding carboxylic acids is 2. The molecule has 2 amide bonds. The van der Waals surface area contributed by atoms with Crippen LogP contribution in [0.2, 0.25) is 0 Å². The van der Waals surface area contributed by atoms with E-state index in [9.17, 15) is 9.59 Å². The summed E-state index contributed by atoms with van der Waals surface area (Å²) in [5, 5.41) is 9.93. The van der Waals surface area contributed by atoms with Gasteiger partial charge >= 0.3 is 0 Å². The van der Waals surface area contributed by atoms with E-state index in [-0.39, 0.29) is 11.8 Å². The summed E-state index contributed by atoms with van der Waals surface area (Å²) < 4.78 is 10.7. The molecule has 2 N–H and O–H groups in total. The van der Waals surface area contributed by atoms with Crippen molar-refractivity contribution < 1.29 is 9.59 Å². The third-order valence-corrected chi connectivity index (χ3v) is 22.2. The standard InChI is InChI=1S/C21H18N2O2S12/c24-12(10-8-30-18(32-10)20-34-14-15(35-20)27-5-4-26-14)22-2-1-3-23-13(25)11-9-31-19(33-11)21-36-16-17(37-21)29-7-6-28-16/h8-9H,1-7H2,(H,22,24)(H,23,25). The van der Waals surface area contributed by atoms with Gasteiger partial charge in [0.15, 0.2) is 0 Å². The molecule has 0 spiro atoms. The first kappa shape index (κ1) is 28.7. The third kappa shape index (κ3) is 7.15. The maximum absolute atomic E-state index is 12.6. The van der Waals surface area contributed by atoms with Crippen LogP contribution < -0.4 is 10.6 Å². The molecule has 0 bridgehead atoms. The summed E-state index contributed by atoms with van der Waals surface area (Å²) in [6.45, 7) is 1.08. The quantitative estimate of drug-likeness (QED) is 0.258. The van der Waals surface area contributed by atoms with Gasteiger partial charge in [-0.05, 0) is 17.2 Å².